The number of non-ortho nitro benzene ring substituents is 1. The topological polar surface area (TPSA) is 109 Å². The monoisotopic (exact) mass is 418 g/mol. The molecule has 3 rings (SSSR count). The number of esters is 1. The van der Waals surface area contributed by atoms with Crippen LogP contribution in [0.1, 0.15) is 11.1 Å². The minimum absolute atomic E-state index is 0.0173. The highest BCUT2D eigenvalue weighted by molar-refractivity contribution is 6.34. The van der Waals surface area contributed by atoms with Crippen LogP contribution in [-0.2, 0) is 9.53 Å². The van der Waals surface area contributed by atoms with E-state index in [1.165, 1.54) is 39.5 Å². The molecule has 0 atom stereocenters. The lowest BCUT2D eigenvalue weighted by Gasteiger charge is -2.12. The SMILES string of the molecule is COc1cc(/C=C2\N=C(c3ccc([N+](=O)[O-])cc3Cl)OC2=O)cc(OC)c1OC. The molecule has 2 aromatic carbocycles. The van der Waals surface area contributed by atoms with Crippen molar-refractivity contribution in [1.29, 1.82) is 0 Å². The fourth-order valence-electron chi connectivity index (χ4n) is 2.66. The number of nitro benzene ring substituents is 1. The summed E-state index contributed by atoms with van der Waals surface area (Å²) in [6.07, 6.45) is 1.49. The van der Waals surface area contributed by atoms with Gasteiger partial charge in [0.15, 0.2) is 17.2 Å². The predicted molar refractivity (Wildman–Crippen MR) is 105 cm³/mol. The third kappa shape index (κ3) is 3.99. The van der Waals surface area contributed by atoms with Gasteiger partial charge in [0.05, 0.1) is 36.8 Å². The van der Waals surface area contributed by atoms with Crippen LogP contribution in [-0.4, -0.2) is 38.1 Å². The van der Waals surface area contributed by atoms with Gasteiger partial charge in [0.25, 0.3) is 5.69 Å². The quantitative estimate of drug-likeness (QED) is 0.305. The number of methoxy groups -OCH3 is 3. The van der Waals surface area contributed by atoms with Crippen molar-refractivity contribution in [2.75, 3.05) is 21.3 Å². The molecular formula is C19H15ClN2O7. The van der Waals surface area contributed by atoms with E-state index in [-0.39, 0.29) is 27.9 Å². The van der Waals surface area contributed by atoms with Crippen molar-refractivity contribution in [3.05, 3.63) is 62.3 Å². The van der Waals surface area contributed by atoms with Gasteiger partial charge in [-0.3, -0.25) is 10.1 Å². The lowest BCUT2D eigenvalue weighted by atomic mass is 10.1. The molecule has 1 aliphatic heterocycles. The highest BCUT2D eigenvalue weighted by Crippen LogP contribution is 2.39. The van der Waals surface area contributed by atoms with E-state index in [0.717, 1.165) is 6.07 Å². The third-order valence-electron chi connectivity index (χ3n) is 4.00. The van der Waals surface area contributed by atoms with Gasteiger partial charge in [-0.25, -0.2) is 9.79 Å². The molecule has 0 spiro atoms. The minimum atomic E-state index is -0.692. The average molecular weight is 419 g/mol. The highest BCUT2D eigenvalue weighted by atomic mass is 35.5. The molecule has 0 fully saturated rings. The number of hydrogen-bond donors (Lipinski definition) is 0. The molecule has 0 bridgehead atoms. The van der Waals surface area contributed by atoms with E-state index >= 15 is 0 Å². The Labute approximate surface area is 170 Å². The number of nitrogens with zero attached hydrogens (tertiary/aromatic N) is 2. The number of carbonyl (C=O) groups is 1. The first kappa shape index (κ1) is 20.2. The van der Waals surface area contributed by atoms with Crippen LogP contribution in [0.25, 0.3) is 6.08 Å². The second-order valence-corrected chi connectivity index (χ2v) is 6.12. The Morgan fingerprint density at radius 3 is 2.28 bits per heavy atom. The Morgan fingerprint density at radius 2 is 1.76 bits per heavy atom. The molecule has 0 aromatic heterocycles. The first-order chi connectivity index (χ1) is 13.9. The maximum absolute atomic E-state index is 12.2. The first-order valence-corrected chi connectivity index (χ1v) is 8.52. The number of halogens is 1. The number of aliphatic imine (C=N–C) groups is 1. The molecule has 0 amide bonds. The van der Waals surface area contributed by atoms with Crippen LogP contribution in [0.5, 0.6) is 17.2 Å². The standard InChI is InChI=1S/C19H15ClN2O7/c1-26-15-7-10(8-16(27-2)17(15)28-3)6-14-19(23)29-18(21-14)12-5-4-11(22(24)25)9-13(12)20/h4-9H,1-3H3/b14-6-. The van der Waals surface area contributed by atoms with Gasteiger partial charge < -0.3 is 18.9 Å². The van der Waals surface area contributed by atoms with Crippen LogP contribution in [0.2, 0.25) is 5.02 Å². The summed E-state index contributed by atoms with van der Waals surface area (Å²) >= 11 is 6.08. The Hall–Kier alpha value is -3.59. The maximum Gasteiger partial charge on any atom is 0.363 e. The van der Waals surface area contributed by atoms with Crippen LogP contribution in [0.4, 0.5) is 5.69 Å². The molecule has 0 N–H and O–H groups in total. The van der Waals surface area contributed by atoms with Gasteiger partial charge in [0.2, 0.25) is 11.6 Å². The van der Waals surface area contributed by atoms with Crippen molar-refractivity contribution in [3.63, 3.8) is 0 Å². The normalized spacial score (nSPS) is 14.4. The van der Waals surface area contributed by atoms with Crippen LogP contribution in [0, 0.1) is 10.1 Å². The minimum Gasteiger partial charge on any atom is -0.493 e. The highest BCUT2D eigenvalue weighted by Gasteiger charge is 2.27. The van der Waals surface area contributed by atoms with Crippen LogP contribution < -0.4 is 14.2 Å². The van der Waals surface area contributed by atoms with Gasteiger partial charge >= 0.3 is 5.97 Å². The fourth-order valence-corrected chi connectivity index (χ4v) is 2.91. The van der Waals surface area contributed by atoms with Crippen LogP contribution in [0.3, 0.4) is 0 Å². The molecule has 10 heteroatoms. The fraction of sp³-hybridized carbons (Fsp3) is 0.158. The molecule has 0 unspecified atom stereocenters. The van der Waals surface area contributed by atoms with Crippen molar-refractivity contribution >= 4 is 35.2 Å². The Morgan fingerprint density at radius 1 is 1.10 bits per heavy atom. The number of ether oxygens (including phenoxy) is 4. The van der Waals surface area contributed by atoms with E-state index in [4.69, 9.17) is 30.5 Å². The molecule has 150 valence electrons. The van der Waals surface area contributed by atoms with Crippen molar-refractivity contribution < 1.29 is 28.7 Å². The number of rotatable bonds is 6. The molecule has 0 aliphatic carbocycles. The third-order valence-corrected chi connectivity index (χ3v) is 4.32. The summed E-state index contributed by atoms with van der Waals surface area (Å²) < 4.78 is 21.0. The molecule has 29 heavy (non-hydrogen) atoms. The van der Waals surface area contributed by atoms with Gasteiger partial charge in [0, 0.05) is 12.1 Å². The zero-order chi connectivity index (χ0) is 21.1. The summed E-state index contributed by atoms with van der Waals surface area (Å²) in [7, 11) is 4.44. The van der Waals surface area contributed by atoms with Crippen molar-refractivity contribution in [1.82, 2.24) is 0 Å². The molecule has 9 nitrogen and oxygen atoms in total. The van der Waals surface area contributed by atoms with E-state index in [1.54, 1.807) is 12.1 Å². The van der Waals surface area contributed by atoms with Crippen molar-refractivity contribution in [3.8, 4) is 17.2 Å². The Kier molecular flexibility index (Phi) is 5.69. The molecule has 0 saturated heterocycles. The van der Waals surface area contributed by atoms with Gasteiger partial charge in [-0.2, -0.15) is 0 Å². The van der Waals surface area contributed by atoms with Gasteiger partial charge in [-0.05, 0) is 29.8 Å². The second-order valence-electron chi connectivity index (χ2n) is 5.72. The summed E-state index contributed by atoms with van der Waals surface area (Å²) in [6.45, 7) is 0. The summed E-state index contributed by atoms with van der Waals surface area (Å²) in [5.41, 5.74) is 0.658. The number of hydrogen-bond acceptors (Lipinski definition) is 8. The van der Waals surface area contributed by atoms with E-state index in [9.17, 15) is 14.9 Å². The van der Waals surface area contributed by atoms with Gasteiger partial charge in [0.1, 0.15) is 0 Å². The Bertz CT molecular complexity index is 1040. The lowest BCUT2D eigenvalue weighted by Crippen LogP contribution is -2.06. The van der Waals surface area contributed by atoms with Gasteiger partial charge in [-0.1, -0.05) is 11.6 Å². The zero-order valence-electron chi connectivity index (χ0n) is 15.6. The number of nitro groups is 1. The molecule has 1 heterocycles. The van der Waals surface area contributed by atoms with Gasteiger partial charge in [-0.15, -0.1) is 0 Å². The van der Waals surface area contributed by atoms with E-state index < -0.39 is 10.9 Å². The van der Waals surface area contributed by atoms with E-state index in [1.807, 2.05) is 0 Å². The summed E-state index contributed by atoms with van der Waals surface area (Å²) in [6, 6.07) is 7.07. The average Bonchev–Trinajstić information content (AvgIpc) is 3.06. The van der Waals surface area contributed by atoms with Crippen LogP contribution in [0.15, 0.2) is 41.0 Å². The Balaban J connectivity index is 2.00. The van der Waals surface area contributed by atoms with E-state index in [2.05, 4.69) is 4.99 Å². The molecule has 2 aromatic rings. The molecule has 0 radical (unpaired) electrons. The molecular weight excluding hydrogens is 404 g/mol. The summed E-state index contributed by atoms with van der Waals surface area (Å²) in [5.74, 6) is 0.491. The van der Waals surface area contributed by atoms with E-state index in [0.29, 0.717) is 22.8 Å². The smallest absolute Gasteiger partial charge is 0.363 e. The summed E-state index contributed by atoms with van der Waals surface area (Å²) in [5, 5.41) is 10.9. The number of carbonyl (C=O) groups excluding carboxylic acids is 1. The molecule has 0 saturated carbocycles. The lowest BCUT2D eigenvalue weighted by molar-refractivity contribution is -0.384. The second kappa shape index (κ2) is 8.19. The number of benzene rings is 2. The largest absolute Gasteiger partial charge is 0.493 e. The molecule has 1 aliphatic rings. The van der Waals surface area contributed by atoms with Crippen molar-refractivity contribution in [2.24, 2.45) is 4.99 Å². The predicted octanol–water partition coefficient (Wildman–Crippen LogP) is 3.62. The number of cyclic esters (lactones) is 1. The van der Waals surface area contributed by atoms with Crippen LogP contribution >= 0.6 is 11.6 Å². The maximum atomic E-state index is 12.2. The first-order valence-electron chi connectivity index (χ1n) is 8.14. The summed E-state index contributed by atoms with van der Waals surface area (Å²) in [4.78, 5) is 26.7. The van der Waals surface area contributed by atoms with Crippen molar-refractivity contribution in [2.45, 2.75) is 0 Å². The zero-order valence-corrected chi connectivity index (χ0v) is 16.4.